The van der Waals surface area contributed by atoms with E-state index in [2.05, 4.69) is 5.32 Å². The van der Waals surface area contributed by atoms with Crippen LogP contribution in [0, 0.1) is 0 Å². The number of nitrogens with one attached hydrogen (secondary N) is 1. The van der Waals surface area contributed by atoms with E-state index in [0.717, 1.165) is 18.7 Å². The van der Waals surface area contributed by atoms with E-state index < -0.39 is 0 Å². The molecule has 0 saturated carbocycles. The first-order chi connectivity index (χ1) is 8.99. The molecule has 1 aromatic rings. The highest BCUT2D eigenvalue weighted by atomic mass is 35.5. The normalized spacial score (nSPS) is 13.9. The molecule has 1 amide bonds. The van der Waals surface area contributed by atoms with Crippen LogP contribution < -0.4 is 5.32 Å². The van der Waals surface area contributed by atoms with Gasteiger partial charge in [0.1, 0.15) is 0 Å². The lowest BCUT2D eigenvalue weighted by Gasteiger charge is -2.26. The molecule has 0 fully saturated rings. The molecule has 0 aromatic heterocycles. The number of carbonyl (C=O) groups is 1. The second kappa shape index (κ2) is 7.51. The van der Waals surface area contributed by atoms with Crippen LogP contribution in [-0.4, -0.2) is 29.9 Å². The number of hydrogen-bond acceptors (Lipinski definition) is 2. The molecule has 1 aromatic carbocycles. The molecule has 0 aliphatic rings. The van der Waals surface area contributed by atoms with E-state index in [-0.39, 0.29) is 18.0 Å². The van der Waals surface area contributed by atoms with Gasteiger partial charge < -0.3 is 4.90 Å². The standard InChI is InChI=1S/C15H23ClN2O/c1-5-18(6-2)15(19)12(4)17-11(3)13-8-7-9-14(16)10-13/h7-12,17H,5-6H2,1-4H3/t11-,12?/m0/s1. The molecule has 0 bridgehead atoms. The van der Waals surface area contributed by atoms with Crippen molar-refractivity contribution >= 4 is 17.5 Å². The summed E-state index contributed by atoms with van der Waals surface area (Å²) in [5.41, 5.74) is 1.09. The van der Waals surface area contributed by atoms with Crippen molar-refractivity contribution in [2.75, 3.05) is 13.1 Å². The van der Waals surface area contributed by atoms with Gasteiger partial charge in [0, 0.05) is 24.2 Å². The smallest absolute Gasteiger partial charge is 0.239 e. The molecular formula is C15H23ClN2O. The minimum atomic E-state index is -0.200. The monoisotopic (exact) mass is 282 g/mol. The Bertz CT molecular complexity index is 418. The predicted molar refractivity (Wildman–Crippen MR) is 80.4 cm³/mol. The molecule has 0 saturated heterocycles. The largest absolute Gasteiger partial charge is 0.342 e. The van der Waals surface area contributed by atoms with Crippen LogP contribution >= 0.6 is 11.6 Å². The molecule has 0 aliphatic carbocycles. The zero-order valence-electron chi connectivity index (χ0n) is 12.1. The molecule has 1 rings (SSSR count). The fourth-order valence-electron chi connectivity index (χ4n) is 2.13. The minimum absolute atomic E-state index is 0.0909. The van der Waals surface area contributed by atoms with Crippen LogP contribution in [0.2, 0.25) is 5.02 Å². The Kier molecular flexibility index (Phi) is 6.32. The number of benzene rings is 1. The third-order valence-corrected chi connectivity index (χ3v) is 3.53. The average Bonchev–Trinajstić information content (AvgIpc) is 2.39. The zero-order chi connectivity index (χ0) is 14.4. The van der Waals surface area contributed by atoms with Crippen LogP contribution in [0.3, 0.4) is 0 Å². The molecule has 106 valence electrons. The Hall–Kier alpha value is -1.06. The number of amides is 1. The molecule has 0 aliphatic heterocycles. The lowest BCUT2D eigenvalue weighted by atomic mass is 10.1. The highest BCUT2D eigenvalue weighted by Crippen LogP contribution is 2.18. The highest BCUT2D eigenvalue weighted by molar-refractivity contribution is 6.30. The van der Waals surface area contributed by atoms with Crippen LogP contribution in [0.1, 0.15) is 39.3 Å². The van der Waals surface area contributed by atoms with Crippen molar-refractivity contribution in [2.45, 2.75) is 39.8 Å². The summed E-state index contributed by atoms with van der Waals surface area (Å²) in [6, 6.07) is 7.60. The van der Waals surface area contributed by atoms with Crippen molar-refractivity contribution < 1.29 is 4.79 Å². The fraction of sp³-hybridized carbons (Fsp3) is 0.533. The minimum Gasteiger partial charge on any atom is -0.342 e. The van der Waals surface area contributed by atoms with Gasteiger partial charge in [-0.2, -0.15) is 0 Å². The van der Waals surface area contributed by atoms with E-state index in [9.17, 15) is 4.79 Å². The van der Waals surface area contributed by atoms with Gasteiger partial charge in [-0.25, -0.2) is 0 Å². The van der Waals surface area contributed by atoms with E-state index in [1.807, 2.05) is 56.9 Å². The Labute approximate surface area is 120 Å². The van der Waals surface area contributed by atoms with E-state index in [1.165, 1.54) is 0 Å². The van der Waals surface area contributed by atoms with Gasteiger partial charge in [0.15, 0.2) is 0 Å². The number of nitrogens with zero attached hydrogens (tertiary/aromatic N) is 1. The molecular weight excluding hydrogens is 260 g/mol. The SMILES string of the molecule is CCN(CC)C(=O)C(C)N[C@@H](C)c1cccc(Cl)c1. The van der Waals surface area contributed by atoms with Gasteiger partial charge in [0.2, 0.25) is 5.91 Å². The summed E-state index contributed by atoms with van der Waals surface area (Å²) in [6.45, 7) is 9.42. The van der Waals surface area contributed by atoms with Crippen molar-refractivity contribution in [3.8, 4) is 0 Å². The maximum Gasteiger partial charge on any atom is 0.239 e. The van der Waals surface area contributed by atoms with Crippen molar-refractivity contribution in [3.63, 3.8) is 0 Å². The number of carbonyl (C=O) groups excluding carboxylic acids is 1. The first-order valence-electron chi connectivity index (χ1n) is 6.79. The number of rotatable bonds is 6. The van der Waals surface area contributed by atoms with Crippen LogP contribution in [0.25, 0.3) is 0 Å². The van der Waals surface area contributed by atoms with Crippen molar-refractivity contribution in [1.29, 1.82) is 0 Å². The summed E-state index contributed by atoms with van der Waals surface area (Å²) >= 11 is 5.98. The second-order valence-electron chi connectivity index (χ2n) is 4.68. The van der Waals surface area contributed by atoms with Crippen molar-refractivity contribution in [2.24, 2.45) is 0 Å². The molecule has 0 spiro atoms. The summed E-state index contributed by atoms with van der Waals surface area (Å²) in [4.78, 5) is 14.0. The lowest BCUT2D eigenvalue weighted by molar-refractivity contribution is -0.132. The Morgan fingerprint density at radius 1 is 1.32 bits per heavy atom. The molecule has 0 heterocycles. The topological polar surface area (TPSA) is 32.3 Å². The van der Waals surface area contributed by atoms with E-state index in [4.69, 9.17) is 11.6 Å². The Balaban J connectivity index is 2.66. The summed E-state index contributed by atoms with van der Waals surface area (Å²) in [5.74, 6) is 0.138. The zero-order valence-corrected chi connectivity index (χ0v) is 12.9. The summed E-state index contributed by atoms with van der Waals surface area (Å²) in [5, 5.41) is 4.04. The van der Waals surface area contributed by atoms with Gasteiger partial charge in [-0.1, -0.05) is 23.7 Å². The van der Waals surface area contributed by atoms with Crippen molar-refractivity contribution in [3.05, 3.63) is 34.9 Å². The van der Waals surface area contributed by atoms with E-state index in [1.54, 1.807) is 0 Å². The van der Waals surface area contributed by atoms with Gasteiger partial charge in [-0.3, -0.25) is 10.1 Å². The third-order valence-electron chi connectivity index (χ3n) is 3.29. The van der Waals surface area contributed by atoms with Gasteiger partial charge in [-0.15, -0.1) is 0 Å². The molecule has 1 N–H and O–H groups in total. The van der Waals surface area contributed by atoms with Gasteiger partial charge in [0.25, 0.3) is 0 Å². The van der Waals surface area contributed by atoms with E-state index in [0.29, 0.717) is 5.02 Å². The summed E-state index contributed by atoms with van der Waals surface area (Å²) in [6.07, 6.45) is 0. The van der Waals surface area contributed by atoms with Crippen molar-refractivity contribution in [1.82, 2.24) is 10.2 Å². The van der Waals surface area contributed by atoms with E-state index >= 15 is 0 Å². The maximum absolute atomic E-state index is 12.2. The Morgan fingerprint density at radius 2 is 1.95 bits per heavy atom. The highest BCUT2D eigenvalue weighted by Gasteiger charge is 2.20. The lowest BCUT2D eigenvalue weighted by Crippen LogP contribution is -2.45. The van der Waals surface area contributed by atoms with Gasteiger partial charge in [-0.05, 0) is 45.4 Å². The number of likely N-dealkylation sites (N-methyl/N-ethyl adjacent to an activating group) is 1. The molecule has 4 heteroatoms. The maximum atomic E-state index is 12.2. The first-order valence-corrected chi connectivity index (χ1v) is 7.17. The third kappa shape index (κ3) is 4.51. The molecule has 2 atom stereocenters. The van der Waals surface area contributed by atoms with Gasteiger partial charge in [0.05, 0.1) is 6.04 Å². The van der Waals surface area contributed by atoms with Crippen LogP contribution in [0.5, 0.6) is 0 Å². The first kappa shape index (κ1) is 16.0. The second-order valence-corrected chi connectivity index (χ2v) is 5.11. The molecule has 3 nitrogen and oxygen atoms in total. The molecule has 1 unspecified atom stereocenters. The Morgan fingerprint density at radius 3 is 2.47 bits per heavy atom. The fourth-order valence-corrected chi connectivity index (χ4v) is 2.33. The molecule has 0 radical (unpaired) electrons. The number of hydrogen-bond donors (Lipinski definition) is 1. The molecule has 19 heavy (non-hydrogen) atoms. The van der Waals surface area contributed by atoms with Crippen LogP contribution in [0.15, 0.2) is 24.3 Å². The predicted octanol–water partition coefficient (Wildman–Crippen LogP) is 3.25. The quantitative estimate of drug-likeness (QED) is 0.869. The van der Waals surface area contributed by atoms with Crippen LogP contribution in [-0.2, 0) is 4.79 Å². The summed E-state index contributed by atoms with van der Waals surface area (Å²) in [7, 11) is 0. The summed E-state index contributed by atoms with van der Waals surface area (Å²) < 4.78 is 0. The van der Waals surface area contributed by atoms with Crippen LogP contribution in [0.4, 0.5) is 0 Å². The number of halogens is 1. The van der Waals surface area contributed by atoms with Gasteiger partial charge >= 0.3 is 0 Å². The average molecular weight is 283 g/mol.